The first-order valence-electron chi connectivity index (χ1n) is 6.22. The number of carbonyl (C=O) groups excluding carboxylic acids is 1. The highest BCUT2D eigenvalue weighted by Crippen LogP contribution is 2.18. The zero-order valence-corrected chi connectivity index (χ0v) is 10.0. The third-order valence-electron chi connectivity index (χ3n) is 2.75. The summed E-state index contributed by atoms with van der Waals surface area (Å²) in [7, 11) is 0. The quantitative estimate of drug-likeness (QED) is 0.601. The second-order valence-corrected chi connectivity index (χ2v) is 4.69. The summed E-state index contributed by atoms with van der Waals surface area (Å²) in [6.45, 7) is 6.30. The Hall–Kier alpha value is -0.570. The molecule has 0 aromatic heterocycles. The third kappa shape index (κ3) is 6.50. The lowest BCUT2D eigenvalue weighted by Crippen LogP contribution is -2.30. The molecule has 1 atom stereocenters. The van der Waals surface area contributed by atoms with Gasteiger partial charge in [0.25, 0.3) is 0 Å². The van der Waals surface area contributed by atoms with Crippen molar-refractivity contribution in [3.05, 3.63) is 0 Å². The van der Waals surface area contributed by atoms with Crippen LogP contribution < -0.4 is 10.6 Å². The fraction of sp³-hybridized carbons (Fsp3) is 0.917. The second kappa shape index (κ2) is 6.83. The normalized spacial score (nSPS) is 17.5. The van der Waals surface area contributed by atoms with E-state index in [0.717, 1.165) is 19.0 Å². The number of hydrogen-bond acceptors (Lipinski definition) is 2. The van der Waals surface area contributed by atoms with Crippen molar-refractivity contribution in [3.8, 4) is 0 Å². The molecule has 0 aromatic carbocycles. The average Bonchev–Trinajstić information content (AvgIpc) is 2.97. The molecule has 1 unspecified atom stereocenters. The van der Waals surface area contributed by atoms with Crippen molar-refractivity contribution in [3.63, 3.8) is 0 Å². The molecular formula is C12H24N2O. The summed E-state index contributed by atoms with van der Waals surface area (Å²) in [4.78, 5) is 11.3. The van der Waals surface area contributed by atoms with Crippen LogP contribution in [0, 0.1) is 5.92 Å². The molecule has 3 heteroatoms. The summed E-state index contributed by atoms with van der Waals surface area (Å²) in [5, 5.41) is 6.32. The Balaban J connectivity index is 1.88. The Morgan fingerprint density at radius 3 is 2.80 bits per heavy atom. The van der Waals surface area contributed by atoms with E-state index >= 15 is 0 Å². The van der Waals surface area contributed by atoms with Crippen molar-refractivity contribution in [2.75, 3.05) is 13.1 Å². The first-order valence-corrected chi connectivity index (χ1v) is 6.22. The van der Waals surface area contributed by atoms with Gasteiger partial charge in [0.2, 0.25) is 5.91 Å². The van der Waals surface area contributed by atoms with Crippen molar-refractivity contribution < 1.29 is 4.79 Å². The summed E-state index contributed by atoms with van der Waals surface area (Å²) in [5.41, 5.74) is 0. The smallest absolute Gasteiger partial charge is 0.221 e. The van der Waals surface area contributed by atoms with Crippen LogP contribution in [0.5, 0.6) is 0 Å². The van der Waals surface area contributed by atoms with Gasteiger partial charge in [0.05, 0.1) is 0 Å². The maximum atomic E-state index is 11.3. The number of amides is 1. The average molecular weight is 212 g/mol. The Kier molecular flexibility index (Phi) is 5.69. The summed E-state index contributed by atoms with van der Waals surface area (Å²) in [6, 6.07) is 0.497. The van der Waals surface area contributed by atoms with Gasteiger partial charge in [-0.15, -0.1) is 0 Å². The summed E-state index contributed by atoms with van der Waals surface area (Å²) in [6.07, 6.45) is 5.47. The molecule has 1 rings (SSSR count). The van der Waals surface area contributed by atoms with Crippen LogP contribution in [0.3, 0.4) is 0 Å². The van der Waals surface area contributed by atoms with Crippen molar-refractivity contribution in [2.24, 2.45) is 5.92 Å². The molecule has 0 radical (unpaired) electrons. The molecule has 1 fully saturated rings. The van der Waals surface area contributed by atoms with E-state index in [1.807, 2.05) is 0 Å². The van der Waals surface area contributed by atoms with E-state index in [0.29, 0.717) is 12.5 Å². The molecule has 15 heavy (non-hydrogen) atoms. The van der Waals surface area contributed by atoms with Crippen LogP contribution in [0.1, 0.15) is 46.0 Å². The first kappa shape index (κ1) is 12.5. The van der Waals surface area contributed by atoms with E-state index in [-0.39, 0.29) is 5.91 Å². The molecule has 1 amide bonds. The third-order valence-corrected chi connectivity index (χ3v) is 2.75. The van der Waals surface area contributed by atoms with Crippen LogP contribution in [0.15, 0.2) is 0 Å². The molecule has 0 aromatic rings. The number of rotatable bonds is 8. The van der Waals surface area contributed by atoms with Gasteiger partial charge in [0.1, 0.15) is 0 Å². The van der Waals surface area contributed by atoms with Gasteiger partial charge in [-0.25, -0.2) is 0 Å². The van der Waals surface area contributed by atoms with E-state index in [1.54, 1.807) is 0 Å². The Bertz CT molecular complexity index is 190. The fourth-order valence-electron chi connectivity index (χ4n) is 1.67. The van der Waals surface area contributed by atoms with Gasteiger partial charge >= 0.3 is 0 Å². The zero-order chi connectivity index (χ0) is 11.1. The molecule has 0 heterocycles. The molecule has 3 nitrogen and oxygen atoms in total. The van der Waals surface area contributed by atoms with Crippen LogP contribution in [0.4, 0.5) is 0 Å². The second-order valence-electron chi connectivity index (χ2n) is 4.69. The Morgan fingerprint density at radius 1 is 1.47 bits per heavy atom. The highest BCUT2D eigenvalue weighted by atomic mass is 16.1. The number of hydrogen-bond donors (Lipinski definition) is 2. The predicted molar refractivity (Wildman–Crippen MR) is 62.7 cm³/mol. The first-order chi connectivity index (χ1) is 7.22. The summed E-state index contributed by atoms with van der Waals surface area (Å²) >= 11 is 0. The van der Waals surface area contributed by atoms with Crippen LogP contribution in [0.25, 0.3) is 0 Å². The van der Waals surface area contributed by atoms with Crippen molar-refractivity contribution in [1.82, 2.24) is 10.6 Å². The Morgan fingerprint density at radius 2 is 2.20 bits per heavy atom. The fourth-order valence-corrected chi connectivity index (χ4v) is 1.67. The van der Waals surface area contributed by atoms with E-state index < -0.39 is 0 Å². The predicted octanol–water partition coefficient (Wildman–Crippen LogP) is 1.68. The maximum absolute atomic E-state index is 11.3. The SMILES string of the molecule is CCCC(C)CNCCC(=O)NC1CC1. The molecule has 2 N–H and O–H groups in total. The van der Waals surface area contributed by atoms with E-state index in [4.69, 9.17) is 0 Å². The minimum Gasteiger partial charge on any atom is -0.353 e. The van der Waals surface area contributed by atoms with Crippen LogP contribution in [-0.2, 0) is 4.79 Å². The van der Waals surface area contributed by atoms with Crippen molar-refractivity contribution in [2.45, 2.75) is 52.0 Å². The van der Waals surface area contributed by atoms with Gasteiger partial charge in [-0.3, -0.25) is 4.79 Å². The number of nitrogens with one attached hydrogen (secondary N) is 2. The molecule has 1 aliphatic rings. The number of carbonyl (C=O) groups is 1. The van der Waals surface area contributed by atoms with Crippen molar-refractivity contribution in [1.29, 1.82) is 0 Å². The molecular weight excluding hydrogens is 188 g/mol. The molecule has 0 aliphatic heterocycles. The van der Waals surface area contributed by atoms with Gasteiger partial charge in [-0.05, 0) is 31.7 Å². The monoisotopic (exact) mass is 212 g/mol. The summed E-state index contributed by atoms with van der Waals surface area (Å²) < 4.78 is 0. The van der Waals surface area contributed by atoms with Crippen molar-refractivity contribution >= 4 is 5.91 Å². The molecule has 0 saturated heterocycles. The van der Waals surface area contributed by atoms with Gasteiger partial charge < -0.3 is 10.6 Å². The van der Waals surface area contributed by atoms with Gasteiger partial charge in [-0.1, -0.05) is 20.3 Å². The molecule has 88 valence electrons. The van der Waals surface area contributed by atoms with Gasteiger partial charge in [0, 0.05) is 19.0 Å². The zero-order valence-electron chi connectivity index (χ0n) is 10.0. The van der Waals surface area contributed by atoms with Crippen LogP contribution >= 0.6 is 0 Å². The molecule has 1 saturated carbocycles. The van der Waals surface area contributed by atoms with Gasteiger partial charge in [0.15, 0.2) is 0 Å². The summed E-state index contributed by atoms with van der Waals surface area (Å²) in [5.74, 6) is 0.926. The van der Waals surface area contributed by atoms with Crippen LogP contribution in [0.2, 0.25) is 0 Å². The molecule has 0 spiro atoms. The minimum atomic E-state index is 0.202. The van der Waals surface area contributed by atoms with E-state index in [9.17, 15) is 4.79 Å². The molecule has 0 bridgehead atoms. The lowest BCUT2D eigenvalue weighted by atomic mass is 10.1. The lowest BCUT2D eigenvalue weighted by molar-refractivity contribution is -0.121. The Labute approximate surface area is 93.0 Å². The largest absolute Gasteiger partial charge is 0.353 e. The lowest BCUT2D eigenvalue weighted by Gasteiger charge is -2.11. The van der Waals surface area contributed by atoms with Gasteiger partial charge in [-0.2, -0.15) is 0 Å². The maximum Gasteiger partial charge on any atom is 0.221 e. The standard InChI is InChI=1S/C12H24N2O/c1-3-4-10(2)9-13-8-7-12(15)14-11-5-6-11/h10-11,13H,3-9H2,1-2H3,(H,14,15). The highest BCUT2D eigenvalue weighted by Gasteiger charge is 2.22. The van der Waals surface area contributed by atoms with E-state index in [1.165, 1.54) is 25.7 Å². The molecule has 1 aliphatic carbocycles. The van der Waals surface area contributed by atoms with E-state index in [2.05, 4.69) is 24.5 Å². The highest BCUT2D eigenvalue weighted by molar-refractivity contribution is 5.76. The van der Waals surface area contributed by atoms with Crippen LogP contribution in [-0.4, -0.2) is 25.0 Å². The topological polar surface area (TPSA) is 41.1 Å². The minimum absolute atomic E-state index is 0.202.